The molecular weight excluding hydrogens is 270 g/mol. The highest BCUT2D eigenvalue weighted by Gasteiger charge is 2.32. The molecule has 0 aliphatic carbocycles. The Hall–Kier alpha value is -1.95. The van der Waals surface area contributed by atoms with Crippen molar-refractivity contribution >= 4 is 11.9 Å². The fraction of sp³-hybridized carbons (Fsp3) is 0.533. The number of ether oxygens (including phenoxy) is 1. The fourth-order valence-electron chi connectivity index (χ4n) is 2.33. The van der Waals surface area contributed by atoms with E-state index in [1.165, 1.54) is 0 Å². The van der Waals surface area contributed by atoms with Gasteiger partial charge >= 0.3 is 5.97 Å². The zero-order chi connectivity index (χ0) is 15.1. The molecule has 1 aliphatic heterocycles. The number of hydrogen-bond acceptors (Lipinski definition) is 5. The van der Waals surface area contributed by atoms with Gasteiger partial charge in [-0.3, -0.25) is 19.5 Å². The first-order valence-electron chi connectivity index (χ1n) is 7.27. The highest BCUT2D eigenvalue weighted by molar-refractivity contribution is 5.87. The summed E-state index contributed by atoms with van der Waals surface area (Å²) in [6.07, 6.45) is 4.36. The number of piperazine rings is 1. The number of esters is 1. The monoisotopic (exact) mass is 291 g/mol. The van der Waals surface area contributed by atoms with Gasteiger partial charge in [-0.1, -0.05) is 13.0 Å². The summed E-state index contributed by atoms with van der Waals surface area (Å²) in [5.41, 5.74) is 1.03. The SMILES string of the molecule is CCCOC(=O)C[C@H]1C(=O)NCCN1Cc1cccnc1. The molecule has 1 aromatic heterocycles. The predicted octanol–water partition coefficient (Wildman–Crippen LogP) is 0.725. The van der Waals surface area contributed by atoms with Crippen LogP contribution in [0.4, 0.5) is 0 Å². The largest absolute Gasteiger partial charge is 0.466 e. The van der Waals surface area contributed by atoms with Crippen molar-refractivity contribution in [2.75, 3.05) is 19.7 Å². The van der Waals surface area contributed by atoms with Crippen LogP contribution in [0.1, 0.15) is 25.3 Å². The molecule has 1 fully saturated rings. The molecule has 6 nitrogen and oxygen atoms in total. The number of carbonyl (C=O) groups excluding carboxylic acids is 2. The lowest BCUT2D eigenvalue weighted by atomic mass is 10.1. The van der Waals surface area contributed by atoms with E-state index in [0.717, 1.165) is 12.0 Å². The molecule has 21 heavy (non-hydrogen) atoms. The van der Waals surface area contributed by atoms with Crippen molar-refractivity contribution in [3.05, 3.63) is 30.1 Å². The molecule has 0 aromatic carbocycles. The number of rotatable bonds is 6. The quantitative estimate of drug-likeness (QED) is 0.782. The van der Waals surface area contributed by atoms with E-state index in [1.54, 1.807) is 12.4 Å². The average Bonchev–Trinajstić information content (AvgIpc) is 2.50. The standard InChI is InChI=1S/C15H21N3O3/c1-2-8-21-14(19)9-13-15(20)17-6-7-18(13)11-12-4-3-5-16-10-12/h3-5,10,13H,2,6-9,11H2,1H3,(H,17,20)/t13-/m0/s1. The van der Waals surface area contributed by atoms with E-state index >= 15 is 0 Å². The summed E-state index contributed by atoms with van der Waals surface area (Å²) in [5.74, 6) is -0.436. The molecule has 1 aromatic rings. The summed E-state index contributed by atoms with van der Waals surface area (Å²) >= 11 is 0. The van der Waals surface area contributed by atoms with Crippen LogP contribution in [0.3, 0.4) is 0 Å². The summed E-state index contributed by atoms with van der Waals surface area (Å²) < 4.78 is 5.08. The maximum Gasteiger partial charge on any atom is 0.307 e. The number of amides is 1. The fourth-order valence-corrected chi connectivity index (χ4v) is 2.33. The molecule has 6 heteroatoms. The zero-order valence-corrected chi connectivity index (χ0v) is 12.2. The Balaban J connectivity index is 1.99. The molecule has 114 valence electrons. The van der Waals surface area contributed by atoms with E-state index in [-0.39, 0.29) is 18.3 Å². The minimum Gasteiger partial charge on any atom is -0.466 e. The Bertz CT molecular complexity index is 478. The number of hydrogen-bond donors (Lipinski definition) is 1. The lowest BCUT2D eigenvalue weighted by molar-refractivity contribution is -0.148. The Kier molecular flexibility index (Phi) is 5.68. The minimum absolute atomic E-state index is 0.0894. The molecule has 0 spiro atoms. The molecule has 1 atom stereocenters. The highest BCUT2D eigenvalue weighted by atomic mass is 16.5. The highest BCUT2D eigenvalue weighted by Crippen LogP contribution is 2.14. The summed E-state index contributed by atoms with van der Waals surface area (Å²) in [4.78, 5) is 29.9. The third-order valence-electron chi connectivity index (χ3n) is 3.38. The van der Waals surface area contributed by atoms with E-state index in [9.17, 15) is 9.59 Å². The Morgan fingerprint density at radius 3 is 3.14 bits per heavy atom. The molecule has 0 radical (unpaired) electrons. The van der Waals surface area contributed by atoms with Crippen molar-refractivity contribution in [3.8, 4) is 0 Å². The van der Waals surface area contributed by atoms with Crippen LogP contribution < -0.4 is 5.32 Å². The van der Waals surface area contributed by atoms with Gasteiger partial charge in [0.05, 0.1) is 13.0 Å². The molecule has 0 saturated carbocycles. The molecular formula is C15H21N3O3. The van der Waals surface area contributed by atoms with Gasteiger partial charge < -0.3 is 10.1 Å². The Labute approximate surface area is 124 Å². The molecule has 0 unspecified atom stereocenters. The second-order valence-electron chi connectivity index (χ2n) is 5.06. The minimum atomic E-state index is -0.469. The van der Waals surface area contributed by atoms with E-state index in [1.807, 2.05) is 24.0 Å². The second-order valence-corrected chi connectivity index (χ2v) is 5.06. The van der Waals surface area contributed by atoms with Gasteiger partial charge in [-0.15, -0.1) is 0 Å². The van der Waals surface area contributed by atoms with Crippen molar-refractivity contribution in [2.24, 2.45) is 0 Å². The van der Waals surface area contributed by atoms with E-state index in [4.69, 9.17) is 4.74 Å². The van der Waals surface area contributed by atoms with Crippen molar-refractivity contribution in [1.29, 1.82) is 0 Å². The number of carbonyl (C=O) groups is 2. The molecule has 0 bridgehead atoms. The third-order valence-corrected chi connectivity index (χ3v) is 3.38. The average molecular weight is 291 g/mol. The van der Waals surface area contributed by atoms with Crippen LogP contribution in [-0.2, 0) is 20.9 Å². The van der Waals surface area contributed by atoms with Crippen molar-refractivity contribution in [3.63, 3.8) is 0 Å². The zero-order valence-electron chi connectivity index (χ0n) is 12.2. The van der Waals surface area contributed by atoms with Crippen LogP contribution in [0.25, 0.3) is 0 Å². The van der Waals surface area contributed by atoms with Crippen LogP contribution >= 0.6 is 0 Å². The number of aromatic nitrogens is 1. The number of nitrogens with zero attached hydrogens (tertiary/aromatic N) is 2. The van der Waals surface area contributed by atoms with Crippen molar-refractivity contribution < 1.29 is 14.3 Å². The normalized spacial score (nSPS) is 19.1. The first kappa shape index (κ1) is 15.4. The van der Waals surface area contributed by atoms with E-state index in [2.05, 4.69) is 10.3 Å². The van der Waals surface area contributed by atoms with Crippen molar-refractivity contribution in [2.45, 2.75) is 32.4 Å². The van der Waals surface area contributed by atoms with E-state index in [0.29, 0.717) is 26.2 Å². The molecule has 1 saturated heterocycles. The van der Waals surface area contributed by atoms with Crippen LogP contribution in [-0.4, -0.2) is 47.5 Å². The lowest BCUT2D eigenvalue weighted by Gasteiger charge is -2.34. The lowest BCUT2D eigenvalue weighted by Crippen LogP contribution is -2.55. The summed E-state index contributed by atoms with van der Waals surface area (Å²) in [6.45, 7) is 4.25. The maximum absolute atomic E-state index is 12.0. The summed E-state index contributed by atoms with van der Waals surface area (Å²) in [7, 11) is 0. The van der Waals surface area contributed by atoms with Crippen LogP contribution in [0.2, 0.25) is 0 Å². The van der Waals surface area contributed by atoms with Gasteiger partial charge in [-0.2, -0.15) is 0 Å². The molecule has 2 rings (SSSR count). The summed E-state index contributed by atoms with van der Waals surface area (Å²) in [6, 6.07) is 3.36. The van der Waals surface area contributed by atoms with Gasteiger partial charge in [-0.25, -0.2) is 0 Å². The van der Waals surface area contributed by atoms with Crippen LogP contribution in [0.5, 0.6) is 0 Å². The van der Waals surface area contributed by atoms with Crippen LogP contribution in [0.15, 0.2) is 24.5 Å². The van der Waals surface area contributed by atoms with Crippen molar-refractivity contribution in [1.82, 2.24) is 15.2 Å². The molecule has 1 N–H and O–H groups in total. The Morgan fingerprint density at radius 1 is 1.57 bits per heavy atom. The Morgan fingerprint density at radius 2 is 2.43 bits per heavy atom. The predicted molar refractivity (Wildman–Crippen MR) is 77.3 cm³/mol. The van der Waals surface area contributed by atoms with Gasteiger partial charge in [0.1, 0.15) is 6.04 Å². The number of nitrogens with one attached hydrogen (secondary N) is 1. The van der Waals surface area contributed by atoms with Crippen LogP contribution in [0, 0.1) is 0 Å². The third kappa shape index (κ3) is 4.53. The molecule has 1 amide bonds. The molecule has 1 aliphatic rings. The first-order chi connectivity index (χ1) is 10.2. The van der Waals surface area contributed by atoms with Gasteiger partial charge in [-0.05, 0) is 18.1 Å². The van der Waals surface area contributed by atoms with E-state index < -0.39 is 6.04 Å². The summed E-state index contributed by atoms with van der Waals surface area (Å²) in [5, 5.41) is 2.81. The molecule has 2 heterocycles. The first-order valence-corrected chi connectivity index (χ1v) is 7.27. The number of pyridine rings is 1. The van der Waals surface area contributed by atoms with Gasteiger partial charge in [0.2, 0.25) is 5.91 Å². The second kappa shape index (κ2) is 7.73. The van der Waals surface area contributed by atoms with Gasteiger partial charge in [0.15, 0.2) is 0 Å². The van der Waals surface area contributed by atoms with Gasteiger partial charge in [0.25, 0.3) is 0 Å². The van der Waals surface area contributed by atoms with Gasteiger partial charge in [0, 0.05) is 32.0 Å². The maximum atomic E-state index is 12.0. The topological polar surface area (TPSA) is 71.5 Å². The smallest absolute Gasteiger partial charge is 0.307 e.